The van der Waals surface area contributed by atoms with Gasteiger partial charge in [0.2, 0.25) is 0 Å². The summed E-state index contributed by atoms with van der Waals surface area (Å²) in [7, 11) is 0. The normalized spacial score (nSPS) is 18.0. The molecule has 0 aliphatic carbocycles. The van der Waals surface area contributed by atoms with E-state index >= 15 is 0 Å². The van der Waals surface area contributed by atoms with E-state index in [1.807, 2.05) is 44.2 Å². The number of furan rings is 1. The molecule has 2 amide bonds. The average molecular weight is 427 g/mol. The fourth-order valence-electron chi connectivity index (χ4n) is 3.83. The minimum Gasteiger partial charge on any atom is -0.468 e. The van der Waals surface area contributed by atoms with Crippen LogP contribution in [0.5, 0.6) is 0 Å². The van der Waals surface area contributed by atoms with Crippen LogP contribution >= 0.6 is 11.8 Å². The quantitative estimate of drug-likeness (QED) is 0.634. The second-order valence-electron chi connectivity index (χ2n) is 7.61. The maximum Gasteiger partial charge on any atom is 0.268 e. The van der Waals surface area contributed by atoms with E-state index in [0.29, 0.717) is 42.5 Å². The Morgan fingerprint density at radius 3 is 2.53 bits per heavy atom. The van der Waals surface area contributed by atoms with Crippen LogP contribution in [0, 0.1) is 13.8 Å². The molecule has 1 aromatic heterocycles. The second kappa shape index (κ2) is 9.20. The van der Waals surface area contributed by atoms with Crippen molar-refractivity contribution in [3.63, 3.8) is 0 Å². The molecular weight excluding hydrogens is 400 g/mol. The zero-order valence-corrected chi connectivity index (χ0v) is 18.2. The van der Waals surface area contributed by atoms with Gasteiger partial charge in [-0.25, -0.2) is 0 Å². The molecule has 1 fully saturated rings. The molecule has 6 nitrogen and oxygen atoms in total. The monoisotopic (exact) mass is 426 g/mol. The summed E-state index contributed by atoms with van der Waals surface area (Å²) in [6.07, 6.45) is 1.62. The van der Waals surface area contributed by atoms with E-state index in [0.717, 1.165) is 35.5 Å². The minimum absolute atomic E-state index is 0.206. The van der Waals surface area contributed by atoms with Gasteiger partial charge < -0.3 is 9.15 Å². The second-order valence-corrected chi connectivity index (χ2v) is 8.59. The first-order chi connectivity index (χ1) is 14.5. The van der Waals surface area contributed by atoms with Gasteiger partial charge in [-0.15, -0.1) is 11.8 Å². The van der Waals surface area contributed by atoms with Crippen molar-refractivity contribution in [3.05, 3.63) is 64.0 Å². The molecule has 0 bridgehead atoms. The van der Waals surface area contributed by atoms with E-state index in [-0.39, 0.29) is 11.8 Å². The highest BCUT2D eigenvalue weighted by molar-refractivity contribution is 8.03. The van der Waals surface area contributed by atoms with Crippen LogP contribution < -0.4 is 0 Å². The van der Waals surface area contributed by atoms with E-state index in [1.165, 1.54) is 16.7 Å². The van der Waals surface area contributed by atoms with Crippen LogP contribution in [0.15, 0.2) is 45.9 Å². The highest BCUT2D eigenvalue weighted by atomic mass is 32.2. The topological polar surface area (TPSA) is 63.0 Å². The molecule has 2 aromatic rings. The molecule has 1 aromatic carbocycles. The predicted molar refractivity (Wildman–Crippen MR) is 117 cm³/mol. The van der Waals surface area contributed by atoms with Crippen LogP contribution in [0.3, 0.4) is 0 Å². The Hall–Kier alpha value is -2.35. The number of nitrogens with zero attached hydrogens (tertiary/aromatic N) is 2. The van der Waals surface area contributed by atoms with Crippen LogP contribution in [-0.4, -0.2) is 61.0 Å². The van der Waals surface area contributed by atoms with Gasteiger partial charge in [0.25, 0.3) is 11.8 Å². The van der Waals surface area contributed by atoms with Gasteiger partial charge in [0, 0.05) is 26.2 Å². The molecule has 0 atom stereocenters. The van der Waals surface area contributed by atoms with Crippen LogP contribution in [0.1, 0.15) is 22.5 Å². The Labute approximate surface area is 180 Å². The number of hydrogen-bond acceptors (Lipinski definition) is 6. The summed E-state index contributed by atoms with van der Waals surface area (Å²) < 4.78 is 10.8. The number of benzene rings is 1. The number of amides is 2. The van der Waals surface area contributed by atoms with Crippen molar-refractivity contribution in [3.8, 4) is 0 Å². The maximum atomic E-state index is 13.4. The number of imide groups is 1. The van der Waals surface area contributed by atoms with Crippen molar-refractivity contribution in [1.29, 1.82) is 0 Å². The molecule has 0 radical (unpaired) electrons. The third-order valence-electron chi connectivity index (χ3n) is 5.46. The summed E-state index contributed by atoms with van der Waals surface area (Å²) in [6.45, 7) is 8.10. The molecule has 7 heteroatoms. The van der Waals surface area contributed by atoms with Gasteiger partial charge in [-0.1, -0.05) is 23.8 Å². The van der Waals surface area contributed by atoms with Gasteiger partial charge in [-0.2, -0.15) is 0 Å². The van der Waals surface area contributed by atoms with E-state index < -0.39 is 0 Å². The number of carbonyl (C=O) groups excluding carboxylic acids is 2. The number of carbonyl (C=O) groups is 2. The fraction of sp³-hybridized carbons (Fsp3) is 0.391. The van der Waals surface area contributed by atoms with Crippen molar-refractivity contribution < 1.29 is 18.7 Å². The Morgan fingerprint density at radius 1 is 1.03 bits per heavy atom. The van der Waals surface area contributed by atoms with Crippen LogP contribution in [-0.2, 0) is 20.1 Å². The van der Waals surface area contributed by atoms with Crippen molar-refractivity contribution in [2.24, 2.45) is 0 Å². The third-order valence-corrected chi connectivity index (χ3v) is 6.56. The van der Waals surface area contributed by atoms with Crippen LogP contribution in [0.4, 0.5) is 0 Å². The van der Waals surface area contributed by atoms with Crippen LogP contribution in [0.25, 0.3) is 5.57 Å². The first-order valence-electron chi connectivity index (χ1n) is 10.2. The van der Waals surface area contributed by atoms with Crippen molar-refractivity contribution in [1.82, 2.24) is 9.80 Å². The van der Waals surface area contributed by atoms with Crippen molar-refractivity contribution >= 4 is 29.1 Å². The summed E-state index contributed by atoms with van der Waals surface area (Å²) in [5.74, 6) is 0.869. The molecule has 4 rings (SSSR count). The van der Waals surface area contributed by atoms with Crippen molar-refractivity contribution in [2.75, 3.05) is 39.4 Å². The predicted octanol–water partition coefficient (Wildman–Crippen LogP) is 3.24. The number of rotatable bonds is 7. The lowest BCUT2D eigenvalue weighted by atomic mass is 9.99. The molecule has 0 saturated carbocycles. The summed E-state index contributed by atoms with van der Waals surface area (Å²) in [5, 5.41) is 0. The minimum atomic E-state index is -0.209. The average Bonchev–Trinajstić information content (AvgIpc) is 3.33. The Balaban J connectivity index is 1.59. The number of thioether (sulfide) groups is 1. The largest absolute Gasteiger partial charge is 0.468 e. The lowest BCUT2D eigenvalue weighted by Crippen LogP contribution is -2.43. The molecule has 3 heterocycles. The van der Waals surface area contributed by atoms with E-state index in [2.05, 4.69) is 4.90 Å². The Kier molecular flexibility index (Phi) is 6.41. The van der Waals surface area contributed by atoms with Gasteiger partial charge >= 0.3 is 0 Å². The lowest BCUT2D eigenvalue weighted by molar-refractivity contribution is -0.136. The summed E-state index contributed by atoms with van der Waals surface area (Å²) in [4.78, 5) is 30.8. The van der Waals surface area contributed by atoms with Crippen LogP contribution in [0.2, 0.25) is 0 Å². The molecule has 0 spiro atoms. The summed E-state index contributed by atoms with van der Waals surface area (Å²) in [5.41, 5.74) is 3.46. The molecule has 0 N–H and O–H groups in total. The number of aryl methyl sites for hydroxylation is 2. The smallest absolute Gasteiger partial charge is 0.268 e. The molecule has 2 aliphatic rings. The van der Waals surface area contributed by atoms with Gasteiger partial charge in [0.1, 0.15) is 5.76 Å². The molecule has 158 valence electrons. The van der Waals surface area contributed by atoms with Gasteiger partial charge in [-0.3, -0.25) is 19.4 Å². The number of morpholine rings is 1. The zero-order chi connectivity index (χ0) is 21.1. The zero-order valence-electron chi connectivity index (χ0n) is 17.3. The lowest BCUT2D eigenvalue weighted by Gasteiger charge is -2.28. The van der Waals surface area contributed by atoms with E-state index in [1.54, 1.807) is 6.26 Å². The first kappa shape index (κ1) is 20.9. The molecular formula is C23H26N2O4S. The maximum absolute atomic E-state index is 13.4. The molecule has 30 heavy (non-hydrogen) atoms. The highest BCUT2D eigenvalue weighted by Gasteiger charge is 2.39. The summed E-state index contributed by atoms with van der Waals surface area (Å²) >= 11 is 1.37. The first-order valence-corrected chi connectivity index (χ1v) is 11.2. The Bertz CT molecular complexity index is 962. The van der Waals surface area contributed by atoms with Crippen molar-refractivity contribution in [2.45, 2.75) is 19.6 Å². The van der Waals surface area contributed by atoms with E-state index in [4.69, 9.17) is 9.15 Å². The van der Waals surface area contributed by atoms with Gasteiger partial charge in [0.15, 0.2) is 0 Å². The molecule has 2 aliphatic heterocycles. The third kappa shape index (κ3) is 4.38. The summed E-state index contributed by atoms with van der Waals surface area (Å²) in [6, 6.07) is 9.68. The van der Waals surface area contributed by atoms with Gasteiger partial charge in [-0.05, 0) is 37.1 Å². The van der Waals surface area contributed by atoms with E-state index in [9.17, 15) is 9.59 Å². The highest BCUT2D eigenvalue weighted by Crippen LogP contribution is 2.38. The molecule has 1 saturated heterocycles. The Morgan fingerprint density at radius 2 is 1.83 bits per heavy atom. The SMILES string of the molecule is Cc1ccc(C2=C(SCc3ccco3)C(=O)N(CCN3CCOCC3)C2=O)c(C)c1. The molecule has 0 unspecified atom stereocenters. The van der Waals surface area contributed by atoms with Gasteiger partial charge in [0.05, 0.1) is 35.7 Å². The standard InChI is InChI=1S/C23H26N2O4S/c1-16-5-6-19(17(2)14-16)20-21(30-15-18-4-3-11-29-18)23(27)25(22(20)26)8-7-24-9-12-28-13-10-24/h3-6,11,14H,7-10,12-13,15H2,1-2H3. The number of ether oxygens (including phenoxy) is 1. The number of hydrogen-bond donors (Lipinski definition) is 0. The fourth-order valence-corrected chi connectivity index (χ4v) is 4.85.